The second kappa shape index (κ2) is 8.06. The average Bonchev–Trinajstić information content (AvgIpc) is 2.45. The van der Waals surface area contributed by atoms with Gasteiger partial charge in [0.15, 0.2) is 0 Å². The van der Waals surface area contributed by atoms with Gasteiger partial charge in [0, 0.05) is 37.5 Å². The van der Waals surface area contributed by atoms with Crippen LogP contribution in [0.25, 0.3) is 0 Å². The van der Waals surface area contributed by atoms with E-state index < -0.39 is 0 Å². The van der Waals surface area contributed by atoms with Gasteiger partial charge in [0.1, 0.15) is 0 Å². The van der Waals surface area contributed by atoms with Crippen molar-refractivity contribution >= 4 is 11.8 Å². The first-order valence-corrected chi connectivity index (χ1v) is 9.11. The van der Waals surface area contributed by atoms with Gasteiger partial charge < -0.3 is 5.32 Å². The fourth-order valence-electron chi connectivity index (χ4n) is 3.07. The van der Waals surface area contributed by atoms with E-state index >= 15 is 0 Å². The van der Waals surface area contributed by atoms with Crippen molar-refractivity contribution in [2.75, 3.05) is 31.6 Å². The van der Waals surface area contributed by atoms with Crippen molar-refractivity contribution in [2.24, 2.45) is 5.92 Å². The minimum Gasteiger partial charge on any atom is -0.311 e. The van der Waals surface area contributed by atoms with Crippen LogP contribution >= 0.6 is 11.8 Å². The number of nitrogens with one attached hydrogen (secondary N) is 1. The summed E-state index contributed by atoms with van der Waals surface area (Å²) in [6.07, 6.45) is 3.47. The number of rotatable bonds is 6. The minimum atomic E-state index is 0.534. The Morgan fingerprint density at radius 1 is 1.30 bits per heavy atom. The summed E-state index contributed by atoms with van der Waals surface area (Å²) in [7, 11) is 0. The van der Waals surface area contributed by atoms with E-state index in [1.165, 1.54) is 30.8 Å². The molecule has 0 aliphatic carbocycles. The molecule has 0 bridgehead atoms. The van der Waals surface area contributed by atoms with Crippen molar-refractivity contribution in [3.63, 3.8) is 0 Å². The highest BCUT2D eigenvalue weighted by atomic mass is 32.2. The summed E-state index contributed by atoms with van der Waals surface area (Å²) in [4.78, 5) is 2.68. The summed E-state index contributed by atoms with van der Waals surface area (Å²) >= 11 is 1.95. The van der Waals surface area contributed by atoms with Crippen LogP contribution in [0.5, 0.6) is 0 Å². The van der Waals surface area contributed by atoms with Gasteiger partial charge in [-0.15, -0.1) is 0 Å². The zero-order chi connectivity index (χ0) is 14.4. The first kappa shape index (κ1) is 15.9. The number of hydrogen-bond donors (Lipinski definition) is 1. The maximum Gasteiger partial charge on any atom is 0.0473 e. The Hall–Kier alpha value is -0.510. The van der Waals surface area contributed by atoms with Crippen LogP contribution in [0.15, 0.2) is 30.3 Å². The molecule has 2 atom stereocenters. The molecule has 112 valence electrons. The molecule has 2 nitrogen and oxygen atoms in total. The number of benzene rings is 1. The summed E-state index contributed by atoms with van der Waals surface area (Å²) in [6, 6.07) is 12.1. The molecule has 1 aliphatic heterocycles. The van der Waals surface area contributed by atoms with Crippen LogP contribution in [0.1, 0.15) is 31.9 Å². The molecule has 1 heterocycles. The fourth-order valence-corrected chi connectivity index (χ4v) is 3.49. The van der Waals surface area contributed by atoms with Gasteiger partial charge in [0.2, 0.25) is 0 Å². The van der Waals surface area contributed by atoms with E-state index in [4.69, 9.17) is 0 Å². The molecule has 1 N–H and O–H groups in total. The lowest BCUT2D eigenvalue weighted by Gasteiger charge is -2.41. The topological polar surface area (TPSA) is 15.3 Å². The Labute approximate surface area is 128 Å². The summed E-state index contributed by atoms with van der Waals surface area (Å²) in [6.45, 7) is 8.08. The third-order valence-electron chi connectivity index (χ3n) is 4.02. The van der Waals surface area contributed by atoms with Crippen LogP contribution in [-0.4, -0.2) is 42.6 Å². The molecule has 0 amide bonds. The van der Waals surface area contributed by atoms with Crippen molar-refractivity contribution in [1.82, 2.24) is 10.2 Å². The zero-order valence-electron chi connectivity index (χ0n) is 13.0. The Bertz CT molecular complexity index is 380. The number of hydrogen-bond acceptors (Lipinski definition) is 3. The van der Waals surface area contributed by atoms with E-state index in [-0.39, 0.29) is 0 Å². The summed E-state index contributed by atoms with van der Waals surface area (Å²) < 4.78 is 0. The molecule has 0 aromatic heterocycles. The Morgan fingerprint density at radius 2 is 2.05 bits per heavy atom. The van der Waals surface area contributed by atoms with Crippen molar-refractivity contribution in [2.45, 2.75) is 32.4 Å². The molecule has 0 saturated carbocycles. The Balaban J connectivity index is 2.03. The zero-order valence-corrected chi connectivity index (χ0v) is 13.8. The van der Waals surface area contributed by atoms with Gasteiger partial charge in [0.05, 0.1) is 0 Å². The van der Waals surface area contributed by atoms with Crippen LogP contribution in [0, 0.1) is 5.92 Å². The van der Waals surface area contributed by atoms with Gasteiger partial charge in [-0.05, 0) is 24.2 Å². The summed E-state index contributed by atoms with van der Waals surface area (Å²) in [5, 5.41) is 3.76. The van der Waals surface area contributed by atoms with Gasteiger partial charge in [-0.3, -0.25) is 4.90 Å². The monoisotopic (exact) mass is 292 g/mol. The van der Waals surface area contributed by atoms with Crippen LogP contribution < -0.4 is 5.32 Å². The van der Waals surface area contributed by atoms with Gasteiger partial charge in [-0.25, -0.2) is 0 Å². The van der Waals surface area contributed by atoms with Crippen molar-refractivity contribution < 1.29 is 0 Å². The molecule has 0 spiro atoms. The molecule has 20 heavy (non-hydrogen) atoms. The predicted molar refractivity (Wildman–Crippen MR) is 90.4 cm³/mol. The molecular weight excluding hydrogens is 264 g/mol. The van der Waals surface area contributed by atoms with E-state index in [1.54, 1.807) is 0 Å². The lowest BCUT2D eigenvalue weighted by atomic mass is 9.96. The van der Waals surface area contributed by atoms with Crippen molar-refractivity contribution in [3.8, 4) is 0 Å². The van der Waals surface area contributed by atoms with E-state index in [0.29, 0.717) is 12.1 Å². The molecule has 1 fully saturated rings. The van der Waals surface area contributed by atoms with Crippen LogP contribution in [0.2, 0.25) is 0 Å². The predicted octanol–water partition coefficient (Wildman–Crippen LogP) is 3.41. The highest BCUT2D eigenvalue weighted by molar-refractivity contribution is 7.98. The van der Waals surface area contributed by atoms with Gasteiger partial charge in [-0.1, -0.05) is 44.2 Å². The van der Waals surface area contributed by atoms with Crippen molar-refractivity contribution in [1.29, 1.82) is 0 Å². The smallest absolute Gasteiger partial charge is 0.0473 e. The second-order valence-corrected chi connectivity index (χ2v) is 7.13. The van der Waals surface area contributed by atoms with Crippen molar-refractivity contribution in [3.05, 3.63) is 35.9 Å². The molecular formula is C17H28N2S. The van der Waals surface area contributed by atoms with Crippen LogP contribution in [0.4, 0.5) is 0 Å². The summed E-state index contributed by atoms with van der Waals surface area (Å²) in [5.41, 5.74) is 1.45. The molecule has 2 rings (SSSR count). The maximum absolute atomic E-state index is 3.76. The van der Waals surface area contributed by atoms with E-state index in [2.05, 4.69) is 60.7 Å². The van der Waals surface area contributed by atoms with Gasteiger partial charge in [-0.2, -0.15) is 11.8 Å². The minimum absolute atomic E-state index is 0.534. The Kier molecular flexibility index (Phi) is 6.40. The third kappa shape index (κ3) is 4.51. The average molecular weight is 292 g/mol. The number of piperazine rings is 1. The molecule has 2 unspecified atom stereocenters. The maximum atomic E-state index is 3.76. The Morgan fingerprint density at radius 3 is 2.70 bits per heavy atom. The first-order chi connectivity index (χ1) is 9.70. The molecule has 0 radical (unpaired) electrons. The standard InChI is InChI=1S/C17H28N2S/c1-14(2)11-16-13-19(9-10-20-3)17(12-18-16)15-7-5-4-6-8-15/h4-8,14,16-18H,9-13H2,1-3H3. The summed E-state index contributed by atoms with van der Waals surface area (Å²) in [5.74, 6) is 1.99. The van der Waals surface area contributed by atoms with Crippen LogP contribution in [0.3, 0.4) is 0 Å². The van der Waals surface area contributed by atoms with E-state index in [1.807, 2.05) is 11.8 Å². The molecule has 1 saturated heterocycles. The lowest BCUT2D eigenvalue weighted by Crippen LogP contribution is -2.53. The largest absolute Gasteiger partial charge is 0.311 e. The lowest BCUT2D eigenvalue weighted by molar-refractivity contribution is 0.130. The van der Waals surface area contributed by atoms with Crippen LogP contribution in [-0.2, 0) is 0 Å². The molecule has 3 heteroatoms. The fraction of sp³-hybridized carbons (Fsp3) is 0.647. The highest BCUT2D eigenvalue weighted by Gasteiger charge is 2.28. The number of nitrogens with zero attached hydrogens (tertiary/aromatic N) is 1. The third-order valence-corrected chi connectivity index (χ3v) is 4.61. The molecule has 1 aliphatic rings. The van der Waals surface area contributed by atoms with Gasteiger partial charge >= 0.3 is 0 Å². The molecule has 1 aromatic carbocycles. The highest BCUT2D eigenvalue weighted by Crippen LogP contribution is 2.25. The second-order valence-electron chi connectivity index (χ2n) is 6.15. The first-order valence-electron chi connectivity index (χ1n) is 7.72. The van der Waals surface area contributed by atoms with E-state index in [0.717, 1.165) is 12.5 Å². The SMILES string of the molecule is CSCCN1CC(CC(C)C)NCC1c1ccccc1. The number of thioether (sulfide) groups is 1. The van der Waals surface area contributed by atoms with Gasteiger partial charge in [0.25, 0.3) is 0 Å². The molecule has 1 aromatic rings. The van der Waals surface area contributed by atoms with E-state index in [9.17, 15) is 0 Å². The quantitative estimate of drug-likeness (QED) is 0.865. The normalized spacial score (nSPS) is 24.2.